The summed E-state index contributed by atoms with van der Waals surface area (Å²) in [7, 11) is 0. The van der Waals surface area contributed by atoms with E-state index in [9.17, 15) is 4.79 Å². The van der Waals surface area contributed by atoms with Crippen molar-refractivity contribution in [1.29, 1.82) is 5.26 Å². The van der Waals surface area contributed by atoms with Crippen molar-refractivity contribution in [2.75, 3.05) is 11.9 Å². The van der Waals surface area contributed by atoms with Gasteiger partial charge in [0.05, 0.1) is 11.6 Å². The molecule has 0 bridgehead atoms. The van der Waals surface area contributed by atoms with E-state index in [4.69, 9.17) is 5.26 Å². The molecule has 2 aromatic rings. The summed E-state index contributed by atoms with van der Waals surface area (Å²) in [5.74, 6) is 0.686. The van der Waals surface area contributed by atoms with Crippen LogP contribution in [0.5, 0.6) is 0 Å². The molecule has 0 unspecified atom stereocenters. The Morgan fingerprint density at radius 3 is 2.45 bits per heavy atom. The number of nitrogens with one attached hydrogen (secondary N) is 2. The first kappa shape index (κ1) is 15.4. The second-order valence-electron chi connectivity index (χ2n) is 5.22. The normalized spacial score (nSPS) is 10.1. The zero-order chi connectivity index (χ0) is 15.9. The number of benzene rings is 1. The van der Waals surface area contributed by atoms with Gasteiger partial charge in [-0.25, -0.2) is 0 Å². The molecular formula is C16H17N5O. The van der Waals surface area contributed by atoms with Crippen molar-refractivity contribution in [3.8, 4) is 6.07 Å². The second kappa shape index (κ2) is 7.18. The Balaban J connectivity index is 1.99. The van der Waals surface area contributed by atoms with Gasteiger partial charge in [-0.1, -0.05) is 13.8 Å². The Morgan fingerprint density at radius 1 is 1.18 bits per heavy atom. The van der Waals surface area contributed by atoms with Gasteiger partial charge in [0, 0.05) is 12.2 Å². The molecule has 2 rings (SSSR count). The first-order valence-corrected chi connectivity index (χ1v) is 6.97. The lowest BCUT2D eigenvalue weighted by atomic mass is 10.2. The molecule has 0 radical (unpaired) electrons. The third-order valence-electron chi connectivity index (χ3n) is 2.85. The van der Waals surface area contributed by atoms with Gasteiger partial charge >= 0.3 is 0 Å². The van der Waals surface area contributed by atoms with Crippen LogP contribution in [0.4, 0.5) is 11.5 Å². The molecule has 0 fully saturated rings. The van der Waals surface area contributed by atoms with Crippen LogP contribution >= 0.6 is 0 Å². The lowest BCUT2D eigenvalue weighted by molar-refractivity contribution is 0.0943. The van der Waals surface area contributed by atoms with Crippen LogP contribution < -0.4 is 10.6 Å². The second-order valence-corrected chi connectivity index (χ2v) is 5.22. The van der Waals surface area contributed by atoms with Gasteiger partial charge in [0.25, 0.3) is 5.91 Å². The summed E-state index contributed by atoms with van der Waals surface area (Å²) in [6, 6.07) is 12.4. The molecule has 1 aromatic carbocycles. The van der Waals surface area contributed by atoms with E-state index >= 15 is 0 Å². The van der Waals surface area contributed by atoms with E-state index < -0.39 is 0 Å². The number of hydrogen-bond donors (Lipinski definition) is 2. The minimum Gasteiger partial charge on any atom is -0.350 e. The highest BCUT2D eigenvalue weighted by Gasteiger charge is 2.08. The van der Waals surface area contributed by atoms with E-state index in [-0.39, 0.29) is 11.6 Å². The van der Waals surface area contributed by atoms with Gasteiger partial charge in [0.1, 0.15) is 0 Å². The summed E-state index contributed by atoms with van der Waals surface area (Å²) >= 11 is 0. The smallest absolute Gasteiger partial charge is 0.271 e. The van der Waals surface area contributed by atoms with E-state index in [1.807, 2.05) is 13.8 Å². The molecule has 1 heterocycles. The topological polar surface area (TPSA) is 90.7 Å². The first-order valence-electron chi connectivity index (χ1n) is 6.97. The van der Waals surface area contributed by atoms with Crippen LogP contribution in [0.1, 0.15) is 29.9 Å². The molecule has 2 N–H and O–H groups in total. The van der Waals surface area contributed by atoms with Crippen LogP contribution in [-0.2, 0) is 0 Å². The predicted octanol–water partition coefficient (Wildman–Crippen LogP) is 2.48. The van der Waals surface area contributed by atoms with E-state index in [0.717, 1.165) is 5.69 Å². The molecule has 1 amide bonds. The Kier molecular flexibility index (Phi) is 5.04. The monoisotopic (exact) mass is 295 g/mol. The van der Waals surface area contributed by atoms with Crippen LogP contribution in [-0.4, -0.2) is 22.6 Å². The van der Waals surface area contributed by atoms with Crippen molar-refractivity contribution < 1.29 is 4.79 Å². The molecule has 0 saturated heterocycles. The molecular weight excluding hydrogens is 278 g/mol. The molecule has 6 heteroatoms. The number of aromatic nitrogens is 2. The maximum absolute atomic E-state index is 11.8. The molecule has 112 valence electrons. The Morgan fingerprint density at radius 2 is 1.91 bits per heavy atom. The van der Waals surface area contributed by atoms with Crippen molar-refractivity contribution in [1.82, 2.24) is 15.5 Å². The zero-order valence-corrected chi connectivity index (χ0v) is 12.5. The number of nitrogens with zero attached hydrogens (tertiary/aromatic N) is 3. The van der Waals surface area contributed by atoms with E-state index in [1.165, 1.54) is 0 Å². The van der Waals surface area contributed by atoms with Crippen LogP contribution in [0.25, 0.3) is 0 Å². The van der Waals surface area contributed by atoms with Gasteiger partial charge in [0.15, 0.2) is 11.5 Å². The maximum atomic E-state index is 11.8. The Bertz CT molecular complexity index is 671. The third-order valence-corrected chi connectivity index (χ3v) is 2.85. The molecule has 0 spiro atoms. The summed E-state index contributed by atoms with van der Waals surface area (Å²) in [6.07, 6.45) is 0. The summed E-state index contributed by atoms with van der Waals surface area (Å²) in [5, 5.41) is 22.5. The van der Waals surface area contributed by atoms with E-state index in [2.05, 4.69) is 26.9 Å². The van der Waals surface area contributed by atoms with Crippen molar-refractivity contribution in [3.05, 3.63) is 47.7 Å². The summed E-state index contributed by atoms with van der Waals surface area (Å²) < 4.78 is 0. The van der Waals surface area contributed by atoms with Gasteiger partial charge < -0.3 is 10.6 Å². The quantitative estimate of drug-likeness (QED) is 0.884. The standard InChI is InChI=1S/C16H17N5O/c1-11(2)10-18-16(22)14-7-8-15(21-20-14)19-13-5-3-12(9-17)4-6-13/h3-8,11H,10H2,1-2H3,(H,18,22)(H,19,21). The van der Waals surface area contributed by atoms with Gasteiger partial charge in [0.2, 0.25) is 0 Å². The number of rotatable bonds is 5. The SMILES string of the molecule is CC(C)CNC(=O)c1ccc(Nc2ccc(C#N)cc2)nn1. The molecule has 6 nitrogen and oxygen atoms in total. The fraction of sp³-hybridized carbons (Fsp3) is 0.250. The fourth-order valence-electron chi connectivity index (χ4n) is 1.68. The first-order chi connectivity index (χ1) is 10.6. The van der Waals surface area contributed by atoms with Crippen molar-refractivity contribution in [3.63, 3.8) is 0 Å². The largest absolute Gasteiger partial charge is 0.350 e. The molecule has 1 aromatic heterocycles. The summed E-state index contributed by atoms with van der Waals surface area (Å²) in [5.41, 5.74) is 1.67. The maximum Gasteiger partial charge on any atom is 0.271 e. The molecule has 0 aliphatic rings. The summed E-state index contributed by atoms with van der Waals surface area (Å²) in [6.45, 7) is 4.65. The van der Waals surface area contributed by atoms with Gasteiger partial charge in [-0.05, 0) is 42.3 Å². The highest BCUT2D eigenvalue weighted by Crippen LogP contribution is 2.14. The van der Waals surface area contributed by atoms with Crippen LogP contribution in [0.15, 0.2) is 36.4 Å². The highest BCUT2D eigenvalue weighted by molar-refractivity contribution is 5.92. The van der Waals surface area contributed by atoms with Gasteiger partial charge in [-0.3, -0.25) is 4.79 Å². The van der Waals surface area contributed by atoms with E-state index in [0.29, 0.717) is 23.8 Å². The lowest BCUT2D eigenvalue weighted by Crippen LogP contribution is -2.28. The molecule has 0 atom stereocenters. The van der Waals surface area contributed by atoms with Crippen molar-refractivity contribution in [2.45, 2.75) is 13.8 Å². The van der Waals surface area contributed by atoms with Crippen LogP contribution in [0.3, 0.4) is 0 Å². The minimum atomic E-state index is -0.230. The number of hydrogen-bond acceptors (Lipinski definition) is 5. The Hall–Kier alpha value is -2.94. The predicted molar refractivity (Wildman–Crippen MR) is 83.6 cm³/mol. The number of carbonyl (C=O) groups excluding carboxylic acids is 1. The Labute approximate surface area is 129 Å². The number of carbonyl (C=O) groups is 1. The third kappa shape index (κ3) is 4.28. The highest BCUT2D eigenvalue weighted by atomic mass is 16.1. The molecule has 0 aliphatic heterocycles. The average molecular weight is 295 g/mol. The number of anilines is 2. The van der Waals surface area contributed by atoms with Gasteiger partial charge in [-0.15, -0.1) is 10.2 Å². The average Bonchev–Trinajstić information content (AvgIpc) is 2.54. The van der Waals surface area contributed by atoms with E-state index in [1.54, 1.807) is 36.4 Å². The fourth-order valence-corrected chi connectivity index (χ4v) is 1.68. The zero-order valence-electron chi connectivity index (χ0n) is 12.5. The van der Waals surface area contributed by atoms with Gasteiger partial charge in [-0.2, -0.15) is 5.26 Å². The lowest BCUT2D eigenvalue weighted by Gasteiger charge is -2.08. The summed E-state index contributed by atoms with van der Waals surface area (Å²) in [4.78, 5) is 11.8. The number of nitriles is 1. The van der Waals surface area contributed by atoms with Crippen LogP contribution in [0.2, 0.25) is 0 Å². The minimum absolute atomic E-state index is 0.230. The number of amides is 1. The molecule has 22 heavy (non-hydrogen) atoms. The van der Waals surface area contributed by atoms with Crippen molar-refractivity contribution >= 4 is 17.4 Å². The molecule has 0 saturated carbocycles. The van der Waals surface area contributed by atoms with Crippen LogP contribution in [0, 0.1) is 17.2 Å². The molecule has 0 aliphatic carbocycles. The van der Waals surface area contributed by atoms with Crippen molar-refractivity contribution in [2.24, 2.45) is 5.92 Å².